The molecular formula is C21H16FN3O3. The third-order valence-corrected chi connectivity index (χ3v) is 4.55. The predicted molar refractivity (Wildman–Crippen MR) is 101 cm³/mol. The summed E-state index contributed by atoms with van der Waals surface area (Å²) in [4.78, 5) is 19.5. The van der Waals surface area contributed by atoms with Crippen molar-refractivity contribution in [3.05, 3.63) is 90.0 Å². The van der Waals surface area contributed by atoms with E-state index in [-0.39, 0.29) is 12.6 Å². The maximum absolute atomic E-state index is 13.6. The normalized spacial score (nSPS) is 18.2. The molecule has 3 aromatic rings. The van der Waals surface area contributed by atoms with Crippen LogP contribution in [0.5, 0.6) is 0 Å². The fourth-order valence-electron chi connectivity index (χ4n) is 3.27. The van der Waals surface area contributed by atoms with Crippen molar-refractivity contribution in [2.75, 3.05) is 6.61 Å². The third-order valence-electron chi connectivity index (χ3n) is 4.55. The molecule has 2 aromatic carbocycles. The highest BCUT2D eigenvalue weighted by Crippen LogP contribution is 2.39. The minimum absolute atomic E-state index is 0.0609. The van der Waals surface area contributed by atoms with Crippen molar-refractivity contribution in [3.8, 4) is 11.1 Å². The summed E-state index contributed by atoms with van der Waals surface area (Å²) in [5.74, 6) is -0.421. The molecule has 1 amide bonds. The molecule has 2 N–H and O–H groups in total. The fourth-order valence-corrected chi connectivity index (χ4v) is 3.27. The van der Waals surface area contributed by atoms with Gasteiger partial charge in [-0.05, 0) is 28.8 Å². The Balaban J connectivity index is 1.84. The Kier molecular flexibility index (Phi) is 4.49. The highest BCUT2D eigenvalue weighted by molar-refractivity contribution is 5.91. The Morgan fingerprint density at radius 3 is 2.57 bits per heavy atom. The minimum Gasteiger partial charge on any atom is -0.465 e. The summed E-state index contributed by atoms with van der Waals surface area (Å²) in [7, 11) is 0. The van der Waals surface area contributed by atoms with Gasteiger partial charge in [0.1, 0.15) is 12.4 Å². The predicted octanol–water partition coefficient (Wildman–Crippen LogP) is 3.79. The number of carbonyl (C=O) groups is 1. The highest BCUT2D eigenvalue weighted by atomic mass is 19.1. The quantitative estimate of drug-likeness (QED) is 0.727. The van der Waals surface area contributed by atoms with Crippen LogP contribution < -0.4 is 5.32 Å². The lowest BCUT2D eigenvalue weighted by molar-refractivity contribution is 0.195. The summed E-state index contributed by atoms with van der Waals surface area (Å²) in [6.07, 6.45) is 1.49. The number of nitrogens with zero attached hydrogens (tertiary/aromatic N) is 2. The second kappa shape index (κ2) is 7.11. The van der Waals surface area contributed by atoms with Gasteiger partial charge in [-0.1, -0.05) is 48.5 Å². The number of aliphatic imine (C=N–C) groups is 1. The van der Waals surface area contributed by atoms with Gasteiger partial charge in [-0.3, -0.25) is 4.98 Å². The maximum atomic E-state index is 13.6. The van der Waals surface area contributed by atoms with Crippen LogP contribution in [-0.2, 0) is 10.3 Å². The molecule has 0 saturated heterocycles. The summed E-state index contributed by atoms with van der Waals surface area (Å²) >= 11 is 0. The number of ether oxygens (including phenoxy) is 1. The molecule has 0 bridgehead atoms. The van der Waals surface area contributed by atoms with Gasteiger partial charge < -0.3 is 9.84 Å². The number of nitrogens with one attached hydrogen (secondary N) is 1. The van der Waals surface area contributed by atoms with E-state index in [9.17, 15) is 9.18 Å². The molecular weight excluding hydrogens is 361 g/mol. The van der Waals surface area contributed by atoms with Gasteiger partial charge in [-0.2, -0.15) is 0 Å². The zero-order valence-corrected chi connectivity index (χ0v) is 14.7. The first-order valence-electron chi connectivity index (χ1n) is 8.56. The summed E-state index contributed by atoms with van der Waals surface area (Å²) in [6.45, 7) is 0.136. The topological polar surface area (TPSA) is 83.8 Å². The molecule has 28 heavy (non-hydrogen) atoms. The zero-order chi connectivity index (χ0) is 19.6. The van der Waals surface area contributed by atoms with Crippen LogP contribution in [-0.4, -0.2) is 28.8 Å². The smallest absolute Gasteiger partial charge is 0.412 e. The molecule has 0 fully saturated rings. The van der Waals surface area contributed by atoms with Crippen LogP contribution in [0.3, 0.4) is 0 Å². The number of carboxylic acid groups (broad SMARTS) is 1. The van der Waals surface area contributed by atoms with Crippen molar-refractivity contribution in [1.29, 1.82) is 0 Å². The molecule has 1 aliphatic heterocycles. The van der Waals surface area contributed by atoms with Crippen LogP contribution in [0.4, 0.5) is 9.18 Å². The summed E-state index contributed by atoms with van der Waals surface area (Å²) in [5.41, 5.74) is 2.14. The molecule has 6 nitrogen and oxygen atoms in total. The van der Waals surface area contributed by atoms with Crippen molar-refractivity contribution in [3.63, 3.8) is 0 Å². The van der Waals surface area contributed by atoms with E-state index in [0.29, 0.717) is 5.56 Å². The zero-order valence-electron chi connectivity index (χ0n) is 14.7. The molecule has 1 aliphatic rings. The van der Waals surface area contributed by atoms with Gasteiger partial charge in [0.25, 0.3) is 6.02 Å². The van der Waals surface area contributed by atoms with Gasteiger partial charge in [0.05, 0.1) is 6.20 Å². The van der Waals surface area contributed by atoms with Crippen molar-refractivity contribution in [2.24, 2.45) is 4.99 Å². The van der Waals surface area contributed by atoms with E-state index >= 15 is 0 Å². The van der Waals surface area contributed by atoms with Crippen molar-refractivity contribution < 1.29 is 19.0 Å². The summed E-state index contributed by atoms with van der Waals surface area (Å²) in [6, 6.07) is 18.3. The Hall–Kier alpha value is -3.74. The number of amidine groups is 1. The van der Waals surface area contributed by atoms with E-state index in [4.69, 9.17) is 9.84 Å². The Labute approximate surface area is 160 Å². The number of hydrogen-bond acceptors (Lipinski definition) is 4. The van der Waals surface area contributed by atoms with E-state index in [1.807, 2.05) is 54.6 Å². The molecule has 4 rings (SSSR count). The van der Waals surface area contributed by atoms with Crippen molar-refractivity contribution in [1.82, 2.24) is 10.3 Å². The Morgan fingerprint density at radius 2 is 1.82 bits per heavy atom. The lowest BCUT2D eigenvalue weighted by atomic mass is 9.83. The number of halogens is 1. The van der Waals surface area contributed by atoms with Gasteiger partial charge >= 0.3 is 6.09 Å². The van der Waals surface area contributed by atoms with Gasteiger partial charge in [0, 0.05) is 11.8 Å². The molecule has 1 aromatic heterocycles. The Morgan fingerprint density at radius 1 is 1.04 bits per heavy atom. The van der Waals surface area contributed by atoms with Crippen LogP contribution in [0.1, 0.15) is 11.1 Å². The van der Waals surface area contributed by atoms with Gasteiger partial charge in [-0.25, -0.2) is 19.5 Å². The number of hydrogen-bond donors (Lipinski definition) is 2. The van der Waals surface area contributed by atoms with Crippen LogP contribution in [0.2, 0.25) is 0 Å². The average Bonchev–Trinajstić information content (AvgIpc) is 3.13. The molecule has 0 aliphatic carbocycles. The van der Waals surface area contributed by atoms with E-state index in [0.717, 1.165) is 22.9 Å². The number of amides is 1. The number of benzene rings is 2. The summed E-state index contributed by atoms with van der Waals surface area (Å²) in [5, 5.41) is 11.2. The lowest BCUT2D eigenvalue weighted by Gasteiger charge is -2.25. The minimum atomic E-state index is -1.25. The lowest BCUT2D eigenvalue weighted by Crippen LogP contribution is -2.28. The SMILES string of the molecule is O=C(O)NC1=NC(c2ccccc2)(c2cccc(-c3cncc(F)c3)c2)CO1. The number of rotatable bonds is 3. The van der Waals surface area contributed by atoms with Crippen LogP contribution in [0, 0.1) is 5.82 Å². The number of pyridine rings is 1. The van der Waals surface area contributed by atoms with Gasteiger partial charge in [0.2, 0.25) is 0 Å². The molecule has 0 spiro atoms. The molecule has 2 heterocycles. The van der Waals surface area contributed by atoms with E-state index in [1.54, 1.807) is 6.20 Å². The van der Waals surface area contributed by atoms with Crippen molar-refractivity contribution >= 4 is 12.1 Å². The van der Waals surface area contributed by atoms with Gasteiger partial charge in [-0.15, -0.1) is 0 Å². The van der Waals surface area contributed by atoms with E-state index in [2.05, 4.69) is 15.3 Å². The Bertz CT molecular complexity index is 1060. The monoisotopic (exact) mass is 377 g/mol. The van der Waals surface area contributed by atoms with E-state index in [1.165, 1.54) is 6.07 Å². The largest absolute Gasteiger partial charge is 0.465 e. The second-order valence-corrected chi connectivity index (χ2v) is 6.33. The number of aromatic nitrogens is 1. The first kappa shape index (κ1) is 17.7. The first-order chi connectivity index (χ1) is 13.6. The first-order valence-corrected chi connectivity index (χ1v) is 8.56. The molecule has 0 saturated carbocycles. The van der Waals surface area contributed by atoms with Crippen LogP contribution in [0.25, 0.3) is 11.1 Å². The molecule has 1 unspecified atom stereocenters. The molecule has 0 radical (unpaired) electrons. The average molecular weight is 377 g/mol. The summed E-state index contributed by atoms with van der Waals surface area (Å²) < 4.78 is 19.1. The van der Waals surface area contributed by atoms with E-state index < -0.39 is 17.4 Å². The standard InChI is InChI=1S/C21H16FN3O3/c22-18-10-15(11-23-12-18)14-5-4-8-17(9-14)21(16-6-2-1-3-7-16)13-28-19(25-21)24-20(26)27/h1-12H,13H2,(H,24,25)(H,26,27). The van der Waals surface area contributed by atoms with Crippen molar-refractivity contribution in [2.45, 2.75) is 5.54 Å². The van der Waals surface area contributed by atoms with Crippen LogP contribution in [0.15, 0.2) is 78.0 Å². The fraction of sp³-hybridized carbons (Fsp3) is 0.0952. The molecule has 1 atom stereocenters. The van der Waals surface area contributed by atoms with Gasteiger partial charge in [0.15, 0.2) is 5.54 Å². The third kappa shape index (κ3) is 3.29. The maximum Gasteiger partial charge on any atom is 0.412 e. The molecule has 7 heteroatoms. The highest BCUT2D eigenvalue weighted by Gasteiger charge is 2.41. The van der Waals surface area contributed by atoms with Crippen LogP contribution >= 0.6 is 0 Å². The molecule has 140 valence electrons. The second-order valence-electron chi connectivity index (χ2n) is 6.33.